The minimum atomic E-state index is -1.30. The number of carboxylic acid groups (broad SMARTS) is 1. The van der Waals surface area contributed by atoms with Gasteiger partial charge >= 0.3 is 5.97 Å². The lowest BCUT2D eigenvalue weighted by Crippen LogP contribution is -2.40. The third-order valence-corrected chi connectivity index (χ3v) is 3.13. The topological polar surface area (TPSA) is 55.1 Å². The predicted octanol–water partition coefficient (Wildman–Crippen LogP) is 2.18. The summed E-state index contributed by atoms with van der Waals surface area (Å²) < 4.78 is 14.5. The Bertz CT molecular complexity index is 577. The molecular weight excluding hydrogens is 235 g/mol. The van der Waals surface area contributed by atoms with Crippen molar-refractivity contribution in [3.05, 3.63) is 53.9 Å². The highest BCUT2D eigenvalue weighted by Gasteiger charge is 2.38. The van der Waals surface area contributed by atoms with Gasteiger partial charge in [-0.25, -0.2) is 14.2 Å². The number of aryl methyl sites for hydroxylation is 1. The van der Waals surface area contributed by atoms with Crippen LogP contribution >= 0.6 is 0 Å². The standard InChI is InChI=1S/C13H13FN2O2/c1-9-15-7-8-16(9)13(2,12(17)18)10-3-5-11(14)6-4-10/h3-8H,1-2H3,(H,17,18). The second-order valence-corrected chi connectivity index (χ2v) is 4.23. The first-order valence-electron chi connectivity index (χ1n) is 5.46. The summed E-state index contributed by atoms with van der Waals surface area (Å²) >= 11 is 0. The van der Waals surface area contributed by atoms with E-state index in [4.69, 9.17) is 0 Å². The Morgan fingerprint density at radius 1 is 1.39 bits per heavy atom. The minimum Gasteiger partial charge on any atom is -0.479 e. The van der Waals surface area contributed by atoms with Gasteiger partial charge in [0.1, 0.15) is 11.6 Å². The number of carbonyl (C=O) groups is 1. The van der Waals surface area contributed by atoms with Gasteiger partial charge in [-0.1, -0.05) is 12.1 Å². The molecule has 0 aliphatic carbocycles. The van der Waals surface area contributed by atoms with Crippen molar-refractivity contribution in [3.8, 4) is 0 Å². The van der Waals surface area contributed by atoms with Crippen molar-refractivity contribution >= 4 is 5.97 Å². The highest BCUT2D eigenvalue weighted by Crippen LogP contribution is 2.27. The summed E-state index contributed by atoms with van der Waals surface area (Å²) in [5.41, 5.74) is -0.800. The Balaban J connectivity index is 2.62. The van der Waals surface area contributed by atoms with Gasteiger partial charge in [0.25, 0.3) is 0 Å². The maximum absolute atomic E-state index is 12.9. The fraction of sp³-hybridized carbons (Fsp3) is 0.231. The van der Waals surface area contributed by atoms with E-state index in [1.807, 2.05) is 0 Å². The van der Waals surface area contributed by atoms with Crippen LogP contribution in [0.4, 0.5) is 4.39 Å². The number of carboxylic acids is 1. The second kappa shape index (κ2) is 4.25. The molecule has 0 aliphatic rings. The van der Waals surface area contributed by atoms with Crippen molar-refractivity contribution in [2.75, 3.05) is 0 Å². The Morgan fingerprint density at radius 3 is 2.44 bits per heavy atom. The number of aliphatic carboxylic acids is 1. The maximum atomic E-state index is 12.9. The van der Waals surface area contributed by atoms with Gasteiger partial charge in [0, 0.05) is 12.4 Å². The number of imidazole rings is 1. The number of benzene rings is 1. The summed E-state index contributed by atoms with van der Waals surface area (Å²) in [5, 5.41) is 9.51. The van der Waals surface area contributed by atoms with E-state index in [1.54, 1.807) is 30.8 Å². The third-order valence-electron chi connectivity index (χ3n) is 3.13. The fourth-order valence-corrected chi connectivity index (χ4v) is 1.99. The Labute approximate surface area is 104 Å². The zero-order valence-electron chi connectivity index (χ0n) is 10.1. The lowest BCUT2D eigenvalue weighted by atomic mass is 9.91. The Morgan fingerprint density at radius 2 is 2.00 bits per heavy atom. The lowest BCUT2D eigenvalue weighted by Gasteiger charge is -2.28. The second-order valence-electron chi connectivity index (χ2n) is 4.23. The number of nitrogens with zero attached hydrogens (tertiary/aromatic N) is 2. The molecule has 1 atom stereocenters. The van der Waals surface area contributed by atoms with E-state index in [2.05, 4.69) is 4.98 Å². The van der Waals surface area contributed by atoms with Crippen molar-refractivity contribution in [1.29, 1.82) is 0 Å². The molecule has 18 heavy (non-hydrogen) atoms. The number of aromatic nitrogens is 2. The number of hydrogen-bond donors (Lipinski definition) is 1. The largest absolute Gasteiger partial charge is 0.479 e. The lowest BCUT2D eigenvalue weighted by molar-refractivity contribution is -0.144. The zero-order valence-corrected chi connectivity index (χ0v) is 10.1. The summed E-state index contributed by atoms with van der Waals surface area (Å²) in [6.07, 6.45) is 3.15. The molecule has 1 aromatic heterocycles. The summed E-state index contributed by atoms with van der Waals surface area (Å²) in [6, 6.07) is 5.46. The molecule has 4 nitrogen and oxygen atoms in total. The van der Waals surface area contributed by atoms with Gasteiger partial charge in [-0.3, -0.25) is 0 Å². The third kappa shape index (κ3) is 1.77. The van der Waals surface area contributed by atoms with E-state index >= 15 is 0 Å². The first kappa shape index (κ1) is 12.3. The van der Waals surface area contributed by atoms with Crippen LogP contribution < -0.4 is 0 Å². The molecule has 0 aliphatic heterocycles. The first-order chi connectivity index (χ1) is 8.46. The molecule has 1 N–H and O–H groups in total. The van der Waals surface area contributed by atoms with E-state index in [-0.39, 0.29) is 0 Å². The molecule has 1 aromatic carbocycles. The molecule has 0 bridgehead atoms. The van der Waals surface area contributed by atoms with E-state index in [0.717, 1.165) is 0 Å². The molecule has 0 spiro atoms. The number of hydrogen-bond acceptors (Lipinski definition) is 2. The summed E-state index contributed by atoms with van der Waals surface area (Å²) in [5.74, 6) is -0.826. The van der Waals surface area contributed by atoms with Crippen LogP contribution in [0.3, 0.4) is 0 Å². The highest BCUT2D eigenvalue weighted by molar-refractivity contribution is 5.80. The molecule has 0 saturated carbocycles. The number of rotatable bonds is 3. The summed E-state index contributed by atoms with van der Waals surface area (Å²) in [4.78, 5) is 15.6. The smallest absolute Gasteiger partial charge is 0.334 e. The van der Waals surface area contributed by atoms with E-state index < -0.39 is 17.3 Å². The molecule has 2 rings (SSSR count). The predicted molar refractivity (Wildman–Crippen MR) is 63.7 cm³/mol. The van der Waals surface area contributed by atoms with Crippen LogP contribution in [0.2, 0.25) is 0 Å². The Hall–Kier alpha value is -2.17. The quantitative estimate of drug-likeness (QED) is 0.905. The molecule has 0 fully saturated rings. The van der Waals surface area contributed by atoms with Gasteiger partial charge in [-0.15, -0.1) is 0 Å². The van der Waals surface area contributed by atoms with Crippen LogP contribution in [0.5, 0.6) is 0 Å². The van der Waals surface area contributed by atoms with Crippen LogP contribution in [0.25, 0.3) is 0 Å². The molecule has 94 valence electrons. The first-order valence-corrected chi connectivity index (χ1v) is 5.46. The average molecular weight is 248 g/mol. The van der Waals surface area contributed by atoms with Gasteiger partial charge < -0.3 is 9.67 Å². The molecule has 5 heteroatoms. The van der Waals surface area contributed by atoms with E-state index in [1.165, 1.54) is 24.3 Å². The maximum Gasteiger partial charge on any atom is 0.334 e. The molecule has 0 amide bonds. The van der Waals surface area contributed by atoms with Crippen molar-refractivity contribution in [2.24, 2.45) is 0 Å². The van der Waals surface area contributed by atoms with Crippen LogP contribution in [0.15, 0.2) is 36.7 Å². The van der Waals surface area contributed by atoms with Crippen molar-refractivity contribution in [1.82, 2.24) is 9.55 Å². The zero-order chi connectivity index (χ0) is 13.3. The Kier molecular flexibility index (Phi) is 2.90. The van der Waals surface area contributed by atoms with Gasteiger partial charge in [0.2, 0.25) is 0 Å². The van der Waals surface area contributed by atoms with Crippen LogP contribution in [0, 0.1) is 12.7 Å². The summed E-state index contributed by atoms with van der Waals surface area (Å²) in [6.45, 7) is 3.29. The average Bonchev–Trinajstić information content (AvgIpc) is 2.75. The van der Waals surface area contributed by atoms with Gasteiger partial charge in [0.05, 0.1) is 0 Å². The van der Waals surface area contributed by atoms with Crippen LogP contribution in [0.1, 0.15) is 18.3 Å². The van der Waals surface area contributed by atoms with Crippen molar-refractivity contribution in [3.63, 3.8) is 0 Å². The monoisotopic (exact) mass is 248 g/mol. The van der Waals surface area contributed by atoms with Crippen molar-refractivity contribution < 1.29 is 14.3 Å². The van der Waals surface area contributed by atoms with Gasteiger partial charge in [0.15, 0.2) is 5.54 Å². The molecule has 1 heterocycles. The van der Waals surface area contributed by atoms with E-state index in [9.17, 15) is 14.3 Å². The van der Waals surface area contributed by atoms with Crippen LogP contribution in [-0.2, 0) is 10.3 Å². The molecule has 1 unspecified atom stereocenters. The fourth-order valence-electron chi connectivity index (χ4n) is 1.99. The highest BCUT2D eigenvalue weighted by atomic mass is 19.1. The number of halogens is 1. The van der Waals surface area contributed by atoms with Gasteiger partial charge in [-0.05, 0) is 31.5 Å². The SMILES string of the molecule is Cc1nccn1C(C)(C(=O)O)c1ccc(F)cc1. The van der Waals surface area contributed by atoms with E-state index in [0.29, 0.717) is 11.4 Å². The summed E-state index contributed by atoms with van der Waals surface area (Å²) in [7, 11) is 0. The van der Waals surface area contributed by atoms with Crippen molar-refractivity contribution in [2.45, 2.75) is 19.4 Å². The molecular formula is C13H13FN2O2. The minimum absolute atomic E-state index is 0.395. The van der Waals surface area contributed by atoms with Gasteiger partial charge in [-0.2, -0.15) is 0 Å². The normalized spacial score (nSPS) is 14.2. The molecule has 0 radical (unpaired) electrons. The molecule has 2 aromatic rings. The molecule has 0 saturated heterocycles. The van der Waals surface area contributed by atoms with Crippen LogP contribution in [-0.4, -0.2) is 20.6 Å².